The molecule has 0 aliphatic carbocycles. The van der Waals surface area contributed by atoms with Gasteiger partial charge in [0.2, 0.25) is 0 Å². The molecule has 0 spiro atoms. The Morgan fingerprint density at radius 2 is 1.83 bits per heavy atom. The van der Waals surface area contributed by atoms with Crippen LogP contribution in [0.1, 0.15) is 24.5 Å². The monoisotopic (exact) mass is 415 g/mol. The Balaban J connectivity index is 1.52. The van der Waals surface area contributed by atoms with E-state index >= 15 is 0 Å². The molecule has 2 aromatic carbocycles. The summed E-state index contributed by atoms with van der Waals surface area (Å²) >= 11 is 6.06. The number of halogens is 1. The van der Waals surface area contributed by atoms with Crippen LogP contribution >= 0.6 is 11.6 Å². The Morgan fingerprint density at radius 1 is 1.14 bits per heavy atom. The number of rotatable bonds is 7. The first-order valence-corrected chi connectivity index (χ1v) is 10.6. The molecule has 0 bridgehead atoms. The number of benzene rings is 2. The Labute approximate surface area is 178 Å². The second kappa shape index (κ2) is 9.99. The van der Waals surface area contributed by atoms with Crippen LogP contribution in [0.15, 0.2) is 42.5 Å². The Hall–Kier alpha value is -2.24. The third-order valence-electron chi connectivity index (χ3n) is 5.34. The molecule has 1 aliphatic rings. The third kappa shape index (κ3) is 5.87. The van der Waals surface area contributed by atoms with Gasteiger partial charge in [-0.3, -0.25) is 4.79 Å². The van der Waals surface area contributed by atoms with Crippen LogP contribution in [0.4, 0.5) is 5.69 Å². The summed E-state index contributed by atoms with van der Waals surface area (Å²) in [5.41, 5.74) is 3.24. The first-order chi connectivity index (χ1) is 14.0. The van der Waals surface area contributed by atoms with Crippen molar-refractivity contribution in [2.75, 3.05) is 38.1 Å². The summed E-state index contributed by atoms with van der Waals surface area (Å²) in [5.74, 6) is 0.550. The average molecular weight is 416 g/mol. The number of carbonyl (C=O) groups excluding carboxylic acids is 1. The van der Waals surface area contributed by atoms with Crippen molar-refractivity contribution >= 4 is 23.2 Å². The maximum Gasteiger partial charge on any atom is 0.261 e. The zero-order valence-corrected chi connectivity index (χ0v) is 18.2. The lowest BCUT2D eigenvalue weighted by atomic mass is 10.1. The highest BCUT2D eigenvalue weighted by molar-refractivity contribution is 6.31. The summed E-state index contributed by atoms with van der Waals surface area (Å²) < 4.78 is 5.88. The molecular weight excluding hydrogens is 386 g/mol. The van der Waals surface area contributed by atoms with E-state index in [1.54, 1.807) is 12.1 Å². The molecular formula is C23H30ClN3O2. The number of nitrogens with zero attached hydrogens (tertiary/aromatic N) is 2. The number of carbonyl (C=O) groups is 1. The lowest BCUT2D eigenvalue weighted by molar-refractivity contribution is -0.128. The van der Waals surface area contributed by atoms with Gasteiger partial charge < -0.3 is 19.9 Å². The van der Waals surface area contributed by atoms with E-state index in [9.17, 15) is 4.79 Å². The van der Waals surface area contributed by atoms with Gasteiger partial charge >= 0.3 is 0 Å². The third-order valence-corrected chi connectivity index (χ3v) is 5.77. The molecule has 1 unspecified atom stereocenters. The average Bonchev–Trinajstić information content (AvgIpc) is 2.73. The van der Waals surface area contributed by atoms with Crippen molar-refractivity contribution in [2.45, 2.75) is 32.9 Å². The van der Waals surface area contributed by atoms with Gasteiger partial charge in [0.25, 0.3) is 5.91 Å². The summed E-state index contributed by atoms with van der Waals surface area (Å²) in [7, 11) is 2.16. The van der Waals surface area contributed by atoms with Gasteiger partial charge in [-0.2, -0.15) is 0 Å². The van der Waals surface area contributed by atoms with Gasteiger partial charge in [-0.15, -0.1) is 0 Å². The number of anilines is 1. The molecule has 0 aromatic heterocycles. The van der Waals surface area contributed by atoms with E-state index in [0.717, 1.165) is 37.3 Å². The maximum atomic E-state index is 12.6. The molecule has 1 aliphatic heterocycles. The highest BCUT2D eigenvalue weighted by Crippen LogP contribution is 2.22. The Bertz CT molecular complexity index is 817. The zero-order valence-electron chi connectivity index (χ0n) is 17.5. The molecule has 1 N–H and O–H groups in total. The molecule has 29 heavy (non-hydrogen) atoms. The molecule has 156 valence electrons. The van der Waals surface area contributed by atoms with E-state index in [4.69, 9.17) is 16.3 Å². The zero-order chi connectivity index (χ0) is 20.8. The van der Waals surface area contributed by atoms with Crippen molar-refractivity contribution in [3.05, 3.63) is 58.6 Å². The second-order valence-electron chi connectivity index (χ2n) is 7.60. The van der Waals surface area contributed by atoms with Gasteiger partial charge in [-0.25, -0.2) is 0 Å². The molecule has 1 heterocycles. The van der Waals surface area contributed by atoms with E-state index in [1.165, 1.54) is 5.69 Å². The van der Waals surface area contributed by atoms with Gasteiger partial charge in [-0.05, 0) is 61.9 Å². The molecule has 0 saturated carbocycles. The maximum absolute atomic E-state index is 12.6. The molecule has 2 aromatic rings. The van der Waals surface area contributed by atoms with Crippen LogP contribution < -0.4 is 15.0 Å². The molecule has 3 rings (SSSR count). The van der Waals surface area contributed by atoms with E-state index < -0.39 is 6.10 Å². The predicted octanol–water partition coefficient (Wildman–Crippen LogP) is 3.87. The van der Waals surface area contributed by atoms with Gasteiger partial charge in [0.05, 0.1) is 0 Å². The smallest absolute Gasteiger partial charge is 0.261 e. The van der Waals surface area contributed by atoms with Gasteiger partial charge in [0, 0.05) is 43.4 Å². The molecule has 6 heteroatoms. The van der Waals surface area contributed by atoms with Gasteiger partial charge in [0.1, 0.15) is 5.75 Å². The van der Waals surface area contributed by atoms with Crippen LogP contribution in [-0.4, -0.2) is 50.1 Å². The molecule has 1 fully saturated rings. The minimum Gasteiger partial charge on any atom is -0.481 e. The molecule has 1 atom stereocenters. The Kier molecular flexibility index (Phi) is 7.40. The highest BCUT2D eigenvalue weighted by Gasteiger charge is 2.19. The minimum atomic E-state index is -0.528. The minimum absolute atomic E-state index is 0.108. The molecule has 1 saturated heterocycles. The van der Waals surface area contributed by atoms with Crippen molar-refractivity contribution in [3.63, 3.8) is 0 Å². The van der Waals surface area contributed by atoms with Gasteiger partial charge in [0.15, 0.2) is 6.10 Å². The lowest BCUT2D eigenvalue weighted by Crippen LogP contribution is -2.44. The summed E-state index contributed by atoms with van der Waals surface area (Å²) in [4.78, 5) is 17.3. The summed E-state index contributed by atoms with van der Waals surface area (Å²) in [6.45, 7) is 8.62. The van der Waals surface area contributed by atoms with Crippen LogP contribution in [0.5, 0.6) is 5.75 Å². The lowest BCUT2D eigenvalue weighted by Gasteiger charge is -2.34. The molecule has 5 nitrogen and oxygen atoms in total. The number of amides is 1. The van der Waals surface area contributed by atoms with Crippen molar-refractivity contribution in [3.8, 4) is 5.75 Å². The quantitative estimate of drug-likeness (QED) is 0.745. The summed E-state index contributed by atoms with van der Waals surface area (Å²) in [5, 5.41) is 3.68. The number of aryl methyl sites for hydroxylation is 1. The highest BCUT2D eigenvalue weighted by atomic mass is 35.5. The van der Waals surface area contributed by atoms with Crippen LogP contribution in [0.2, 0.25) is 5.02 Å². The Morgan fingerprint density at radius 3 is 2.45 bits per heavy atom. The van der Waals surface area contributed by atoms with Crippen LogP contribution in [0.25, 0.3) is 0 Å². The normalized spacial score (nSPS) is 15.8. The van der Waals surface area contributed by atoms with Crippen LogP contribution in [0, 0.1) is 6.92 Å². The number of nitrogens with one attached hydrogen (secondary N) is 1. The van der Waals surface area contributed by atoms with Crippen LogP contribution in [0.3, 0.4) is 0 Å². The fraction of sp³-hybridized carbons (Fsp3) is 0.435. The topological polar surface area (TPSA) is 44.8 Å². The SMILES string of the molecule is CCC(Oc1ccc(Cl)c(C)c1)C(=O)NCc1ccc(N2CCN(C)CC2)cc1. The summed E-state index contributed by atoms with van der Waals surface area (Å²) in [6.07, 6.45) is 0.0655. The van der Waals surface area contributed by atoms with Gasteiger partial charge in [-0.1, -0.05) is 30.7 Å². The largest absolute Gasteiger partial charge is 0.481 e. The first kappa shape index (κ1) is 21.5. The second-order valence-corrected chi connectivity index (χ2v) is 8.01. The van der Waals surface area contributed by atoms with Crippen molar-refractivity contribution < 1.29 is 9.53 Å². The summed E-state index contributed by atoms with van der Waals surface area (Å²) in [6, 6.07) is 13.9. The van der Waals surface area contributed by atoms with E-state index in [-0.39, 0.29) is 5.91 Å². The first-order valence-electron chi connectivity index (χ1n) is 10.2. The van der Waals surface area contributed by atoms with E-state index in [0.29, 0.717) is 23.7 Å². The van der Waals surface area contributed by atoms with Crippen molar-refractivity contribution in [1.29, 1.82) is 0 Å². The molecule has 1 amide bonds. The van der Waals surface area contributed by atoms with Crippen LogP contribution in [-0.2, 0) is 11.3 Å². The standard InChI is InChI=1S/C23H30ClN3O2/c1-4-22(29-20-9-10-21(24)17(2)15-20)23(28)25-16-18-5-7-19(8-6-18)27-13-11-26(3)12-14-27/h5-10,15,22H,4,11-14,16H2,1-3H3,(H,25,28). The number of likely N-dealkylation sites (N-methyl/N-ethyl adjacent to an activating group) is 1. The molecule has 0 radical (unpaired) electrons. The van der Waals surface area contributed by atoms with E-state index in [1.807, 2.05) is 19.9 Å². The van der Waals surface area contributed by atoms with Crippen molar-refractivity contribution in [1.82, 2.24) is 10.2 Å². The fourth-order valence-corrected chi connectivity index (χ4v) is 3.49. The number of hydrogen-bond acceptors (Lipinski definition) is 4. The van der Waals surface area contributed by atoms with Crippen molar-refractivity contribution in [2.24, 2.45) is 0 Å². The fourth-order valence-electron chi connectivity index (χ4n) is 3.37. The van der Waals surface area contributed by atoms with E-state index in [2.05, 4.69) is 46.4 Å². The number of piperazine rings is 1. The number of hydrogen-bond donors (Lipinski definition) is 1. The number of ether oxygens (including phenoxy) is 1. The predicted molar refractivity (Wildman–Crippen MR) is 119 cm³/mol.